The van der Waals surface area contributed by atoms with Crippen molar-refractivity contribution in [3.63, 3.8) is 0 Å². The van der Waals surface area contributed by atoms with E-state index in [2.05, 4.69) is 20.6 Å². The number of rotatable bonds is 5. The summed E-state index contributed by atoms with van der Waals surface area (Å²) in [6.07, 6.45) is -3.46. The molecule has 2 aromatic rings. The number of aryl methyl sites for hydroxylation is 1. The van der Waals surface area contributed by atoms with Crippen LogP contribution in [0.3, 0.4) is 0 Å². The van der Waals surface area contributed by atoms with Crippen molar-refractivity contribution in [3.8, 4) is 0 Å². The molecule has 26 heavy (non-hydrogen) atoms. The van der Waals surface area contributed by atoms with Crippen LogP contribution in [0, 0.1) is 0 Å². The van der Waals surface area contributed by atoms with Crippen molar-refractivity contribution in [2.75, 3.05) is 7.05 Å². The summed E-state index contributed by atoms with van der Waals surface area (Å²) in [6.45, 7) is 4.35. The molecule has 0 bridgehead atoms. The summed E-state index contributed by atoms with van der Waals surface area (Å²) in [6, 6.07) is 4.97. The van der Waals surface area contributed by atoms with Gasteiger partial charge in [-0.2, -0.15) is 13.2 Å². The summed E-state index contributed by atoms with van der Waals surface area (Å²) in [4.78, 5) is 8.57. The lowest BCUT2D eigenvalue weighted by Gasteiger charge is -2.19. The molecule has 1 unspecified atom stereocenters. The molecule has 1 aromatic heterocycles. The lowest BCUT2D eigenvalue weighted by atomic mass is 10.1. The molecular weight excluding hydrogens is 476 g/mol. The van der Waals surface area contributed by atoms with Crippen molar-refractivity contribution < 1.29 is 13.2 Å². The molecule has 1 atom stereocenters. The fourth-order valence-electron chi connectivity index (χ4n) is 2.23. The molecule has 0 spiro atoms. The zero-order chi connectivity index (χ0) is 18.4. The van der Waals surface area contributed by atoms with Crippen molar-refractivity contribution in [2.24, 2.45) is 4.99 Å². The fraction of sp³-hybridized carbons (Fsp3) is 0.412. The monoisotopic (exact) mass is 498 g/mol. The SMILES string of the molecule is CCc1nc(CNC(=NC)NC(C)c2cccc(C(F)(F)F)c2)cs1.I. The number of benzene rings is 1. The first kappa shape index (κ1) is 22.7. The molecule has 9 heteroatoms. The molecule has 2 rings (SSSR count). The predicted octanol–water partition coefficient (Wildman–Crippen LogP) is 4.77. The molecule has 0 aliphatic rings. The fourth-order valence-corrected chi connectivity index (χ4v) is 2.98. The van der Waals surface area contributed by atoms with Crippen LogP contribution < -0.4 is 10.6 Å². The summed E-state index contributed by atoms with van der Waals surface area (Å²) in [5.41, 5.74) is 0.799. The van der Waals surface area contributed by atoms with Crippen LogP contribution in [0.5, 0.6) is 0 Å². The molecule has 1 aromatic carbocycles. The van der Waals surface area contributed by atoms with Gasteiger partial charge in [0.05, 0.1) is 28.9 Å². The van der Waals surface area contributed by atoms with E-state index in [0.717, 1.165) is 29.3 Å². The predicted molar refractivity (Wildman–Crippen MR) is 110 cm³/mol. The maximum atomic E-state index is 12.8. The normalized spacial score (nSPS) is 13.1. The van der Waals surface area contributed by atoms with E-state index < -0.39 is 11.7 Å². The Kier molecular flexibility index (Phi) is 8.81. The van der Waals surface area contributed by atoms with E-state index in [1.807, 2.05) is 12.3 Å². The van der Waals surface area contributed by atoms with Gasteiger partial charge < -0.3 is 10.6 Å². The van der Waals surface area contributed by atoms with E-state index in [4.69, 9.17) is 0 Å². The van der Waals surface area contributed by atoms with Gasteiger partial charge in [-0.15, -0.1) is 35.3 Å². The summed E-state index contributed by atoms with van der Waals surface area (Å²) in [5.74, 6) is 0.510. The highest BCUT2D eigenvalue weighted by atomic mass is 127. The van der Waals surface area contributed by atoms with E-state index in [1.165, 1.54) is 6.07 Å². The smallest absolute Gasteiger partial charge is 0.351 e. The van der Waals surface area contributed by atoms with Crippen LogP contribution in [0.25, 0.3) is 0 Å². The summed E-state index contributed by atoms with van der Waals surface area (Å²) >= 11 is 1.61. The van der Waals surface area contributed by atoms with Crippen LogP contribution in [-0.2, 0) is 19.1 Å². The minimum absolute atomic E-state index is 0. The number of guanidine groups is 1. The molecule has 0 radical (unpaired) electrons. The van der Waals surface area contributed by atoms with E-state index in [0.29, 0.717) is 18.1 Å². The Morgan fingerprint density at radius 3 is 2.65 bits per heavy atom. The first-order valence-electron chi connectivity index (χ1n) is 7.91. The van der Waals surface area contributed by atoms with Crippen LogP contribution >= 0.6 is 35.3 Å². The first-order valence-corrected chi connectivity index (χ1v) is 8.79. The molecular formula is C17H22F3IN4S. The quantitative estimate of drug-likeness (QED) is 0.355. The zero-order valence-corrected chi connectivity index (χ0v) is 17.9. The highest BCUT2D eigenvalue weighted by Gasteiger charge is 2.30. The lowest BCUT2D eigenvalue weighted by Crippen LogP contribution is -2.38. The standard InChI is InChI=1S/C17H21F3N4S.HI/c1-4-15-24-14(10-25-15)9-22-16(21-3)23-11(2)12-6-5-7-13(8-12)17(18,19)20;/h5-8,10-11H,4,9H2,1-3H3,(H2,21,22,23);1H. The Morgan fingerprint density at radius 2 is 2.08 bits per heavy atom. The Labute approximate surface area is 172 Å². The highest BCUT2D eigenvalue weighted by Crippen LogP contribution is 2.30. The van der Waals surface area contributed by atoms with Crippen molar-refractivity contribution in [3.05, 3.63) is 51.5 Å². The second-order valence-electron chi connectivity index (χ2n) is 5.50. The van der Waals surface area contributed by atoms with Gasteiger partial charge in [0.25, 0.3) is 0 Å². The van der Waals surface area contributed by atoms with Crippen LogP contribution in [0.2, 0.25) is 0 Å². The number of thiazole rings is 1. The second-order valence-corrected chi connectivity index (χ2v) is 6.44. The third kappa shape index (κ3) is 6.42. The van der Waals surface area contributed by atoms with Gasteiger partial charge in [0.1, 0.15) is 0 Å². The number of alkyl halides is 3. The maximum absolute atomic E-state index is 12.8. The molecule has 4 nitrogen and oxygen atoms in total. The largest absolute Gasteiger partial charge is 0.416 e. The maximum Gasteiger partial charge on any atom is 0.416 e. The van der Waals surface area contributed by atoms with E-state index in [9.17, 15) is 13.2 Å². The van der Waals surface area contributed by atoms with Gasteiger partial charge in [-0.05, 0) is 31.0 Å². The molecule has 0 fully saturated rings. The molecule has 0 saturated carbocycles. The number of aliphatic imine (C=N–C) groups is 1. The van der Waals surface area contributed by atoms with E-state index in [1.54, 1.807) is 31.4 Å². The van der Waals surface area contributed by atoms with E-state index in [-0.39, 0.29) is 30.0 Å². The average Bonchev–Trinajstić information content (AvgIpc) is 3.05. The Bertz CT molecular complexity index is 731. The molecule has 1 heterocycles. The van der Waals surface area contributed by atoms with Gasteiger partial charge in [0.2, 0.25) is 0 Å². The number of aromatic nitrogens is 1. The topological polar surface area (TPSA) is 49.3 Å². The van der Waals surface area contributed by atoms with E-state index >= 15 is 0 Å². The summed E-state index contributed by atoms with van der Waals surface area (Å²) in [7, 11) is 1.62. The van der Waals surface area contributed by atoms with Gasteiger partial charge >= 0.3 is 6.18 Å². The van der Waals surface area contributed by atoms with Gasteiger partial charge in [0, 0.05) is 12.4 Å². The summed E-state index contributed by atoms with van der Waals surface area (Å²) in [5, 5.41) is 9.28. The Balaban J connectivity index is 0.00000338. The number of halogens is 4. The number of nitrogens with zero attached hydrogens (tertiary/aromatic N) is 2. The molecule has 0 amide bonds. The van der Waals surface area contributed by atoms with Crippen molar-refractivity contribution in [1.82, 2.24) is 15.6 Å². The van der Waals surface area contributed by atoms with Gasteiger partial charge in [0.15, 0.2) is 5.96 Å². The van der Waals surface area contributed by atoms with Crippen LogP contribution in [0.1, 0.15) is 41.7 Å². The Morgan fingerprint density at radius 1 is 1.35 bits per heavy atom. The molecule has 0 aliphatic carbocycles. The number of nitrogens with one attached hydrogen (secondary N) is 2. The number of hydrogen-bond donors (Lipinski definition) is 2. The molecule has 2 N–H and O–H groups in total. The summed E-state index contributed by atoms with van der Waals surface area (Å²) < 4.78 is 38.5. The highest BCUT2D eigenvalue weighted by molar-refractivity contribution is 14.0. The van der Waals surface area contributed by atoms with Crippen LogP contribution in [-0.4, -0.2) is 18.0 Å². The molecule has 0 aliphatic heterocycles. The van der Waals surface area contributed by atoms with Crippen LogP contribution in [0.4, 0.5) is 13.2 Å². The minimum atomic E-state index is -4.35. The molecule has 144 valence electrons. The lowest BCUT2D eigenvalue weighted by molar-refractivity contribution is -0.137. The third-order valence-electron chi connectivity index (χ3n) is 3.63. The zero-order valence-electron chi connectivity index (χ0n) is 14.7. The van der Waals surface area contributed by atoms with Crippen molar-refractivity contribution in [1.29, 1.82) is 0 Å². The van der Waals surface area contributed by atoms with Crippen LogP contribution in [0.15, 0.2) is 34.6 Å². The molecule has 0 saturated heterocycles. The van der Waals surface area contributed by atoms with Crippen molar-refractivity contribution in [2.45, 2.75) is 39.0 Å². The first-order chi connectivity index (χ1) is 11.8. The van der Waals surface area contributed by atoms with Gasteiger partial charge in [-0.3, -0.25) is 4.99 Å². The van der Waals surface area contributed by atoms with Gasteiger partial charge in [-0.25, -0.2) is 4.98 Å². The number of hydrogen-bond acceptors (Lipinski definition) is 3. The minimum Gasteiger partial charge on any atom is -0.351 e. The van der Waals surface area contributed by atoms with Crippen molar-refractivity contribution >= 4 is 41.3 Å². The second kappa shape index (κ2) is 10.1. The Hall–Kier alpha value is -1.36. The third-order valence-corrected chi connectivity index (χ3v) is 4.67. The van der Waals surface area contributed by atoms with Gasteiger partial charge in [-0.1, -0.05) is 19.1 Å². The average molecular weight is 498 g/mol.